The van der Waals surface area contributed by atoms with Gasteiger partial charge in [0.2, 0.25) is 0 Å². The van der Waals surface area contributed by atoms with E-state index in [1.165, 1.54) is 16.6 Å². The lowest BCUT2D eigenvalue weighted by molar-refractivity contribution is -0.147. The number of aromatic amines is 1. The molecule has 0 radical (unpaired) electrons. The van der Waals surface area contributed by atoms with Gasteiger partial charge in [0, 0.05) is 16.6 Å². The lowest BCUT2D eigenvalue weighted by Crippen LogP contribution is -2.20. The Morgan fingerprint density at radius 2 is 2.04 bits per heavy atom. The molecule has 2 aromatic carbocycles. The van der Waals surface area contributed by atoms with E-state index >= 15 is 0 Å². The molecule has 1 aromatic heterocycles. The third-order valence-corrected chi connectivity index (χ3v) is 4.85. The van der Waals surface area contributed by atoms with Gasteiger partial charge in [0.05, 0.1) is 5.92 Å². The standard InChI is InChI=1S/C21H21NO2/c1-14-10-11-18-17(12-14)20-16(8-5-9-19(20)22-18)21(23)24-13-15-6-3-2-4-7-15/h2-4,6-7,10-12,16,22H,5,8-9,13H2,1H3. The molecule has 24 heavy (non-hydrogen) atoms. The molecule has 0 aliphatic heterocycles. The van der Waals surface area contributed by atoms with Crippen molar-refractivity contribution < 1.29 is 9.53 Å². The normalized spacial score (nSPS) is 16.8. The first-order chi connectivity index (χ1) is 11.7. The van der Waals surface area contributed by atoms with Crippen molar-refractivity contribution in [2.75, 3.05) is 0 Å². The lowest BCUT2D eigenvalue weighted by Gasteiger charge is -2.21. The van der Waals surface area contributed by atoms with Gasteiger partial charge in [0.15, 0.2) is 0 Å². The largest absolute Gasteiger partial charge is 0.460 e. The Labute approximate surface area is 141 Å². The SMILES string of the molecule is Cc1ccc2[nH]c3c(c2c1)C(C(=O)OCc1ccccc1)CCC3. The molecule has 1 unspecified atom stereocenters. The summed E-state index contributed by atoms with van der Waals surface area (Å²) in [6.45, 7) is 2.43. The van der Waals surface area contributed by atoms with Crippen molar-refractivity contribution in [3.63, 3.8) is 0 Å². The fourth-order valence-electron chi connectivity index (χ4n) is 3.67. The fraction of sp³-hybridized carbons (Fsp3) is 0.286. The molecule has 4 rings (SSSR count). The summed E-state index contributed by atoms with van der Waals surface area (Å²) in [6.07, 6.45) is 2.89. The number of carbonyl (C=O) groups excluding carboxylic acids is 1. The van der Waals surface area contributed by atoms with Crippen molar-refractivity contribution in [2.24, 2.45) is 0 Å². The highest BCUT2D eigenvalue weighted by atomic mass is 16.5. The predicted octanol–water partition coefficient (Wildman–Crippen LogP) is 4.64. The van der Waals surface area contributed by atoms with Crippen LogP contribution in [0.1, 0.15) is 41.1 Å². The number of H-pyrrole nitrogens is 1. The second-order valence-corrected chi connectivity index (χ2v) is 6.60. The summed E-state index contributed by atoms with van der Waals surface area (Å²) in [6, 6.07) is 16.2. The molecule has 3 nitrogen and oxygen atoms in total. The van der Waals surface area contributed by atoms with E-state index in [0.717, 1.165) is 35.9 Å². The molecule has 122 valence electrons. The number of esters is 1. The van der Waals surface area contributed by atoms with Crippen molar-refractivity contribution in [1.82, 2.24) is 4.98 Å². The number of carbonyl (C=O) groups is 1. The molecule has 0 amide bonds. The highest BCUT2D eigenvalue weighted by Gasteiger charge is 2.31. The fourth-order valence-corrected chi connectivity index (χ4v) is 3.67. The predicted molar refractivity (Wildman–Crippen MR) is 95.0 cm³/mol. The van der Waals surface area contributed by atoms with Crippen LogP contribution in [0.5, 0.6) is 0 Å². The van der Waals surface area contributed by atoms with E-state index in [-0.39, 0.29) is 11.9 Å². The molecular formula is C21H21NO2. The molecule has 0 saturated heterocycles. The molecule has 0 bridgehead atoms. The zero-order valence-electron chi connectivity index (χ0n) is 13.8. The van der Waals surface area contributed by atoms with E-state index < -0.39 is 0 Å². The van der Waals surface area contributed by atoms with E-state index in [1.807, 2.05) is 30.3 Å². The minimum Gasteiger partial charge on any atom is -0.460 e. The van der Waals surface area contributed by atoms with Gasteiger partial charge in [-0.15, -0.1) is 0 Å². The van der Waals surface area contributed by atoms with Crippen molar-refractivity contribution >= 4 is 16.9 Å². The molecule has 0 spiro atoms. The number of aryl methyl sites for hydroxylation is 2. The zero-order chi connectivity index (χ0) is 16.5. The van der Waals surface area contributed by atoms with Gasteiger partial charge in [0.25, 0.3) is 0 Å². The van der Waals surface area contributed by atoms with Crippen LogP contribution in [0, 0.1) is 6.92 Å². The second-order valence-electron chi connectivity index (χ2n) is 6.60. The van der Waals surface area contributed by atoms with Crippen LogP contribution in [-0.2, 0) is 22.6 Å². The van der Waals surface area contributed by atoms with E-state index in [0.29, 0.717) is 6.61 Å². The Bertz CT molecular complexity index is 879. The van der Waals surface area contributed by atoms with Gasteiger partial charge in [-0.3, -0.25) is 4.79 Å². The summed E-state index contributed by atoms with van der Waals surface area (Å²) >= 11 is 0. The Kier molecular flexibility index (Phi) is 3.85. The molecule has 3 heteroatoms. The smallest absolute Gasteiger partial charge is 0.313 e. The summed E-state index contributed by atoms with van der Waals surface area (Å²) in [4.78, 5) is 16.2. The van der Waals surface area contributed by atoms with Crippen LogP contribution in [0.3, 0.4) is 0 Å². The van der Waals surface area contributed by atoms with Gasteiger partial charge in [-0.1, -0.05) is 42.0 Å². The third kappa shape index (κ3) is 2.71. The maximum atomic E-state index is 12.7. The highest BCUT2D eigenvalue weighted by molar-refractivity contribution is 5.92. The van der Waals surface area contributed by atoms with Gasteiger partial charge >= 0.3 is 5.97 Å². The summed E-state index contributed by atoms with van der Waals surface area (Å²) in [5.41, 5.74) is 5.71. The van der Waals surface area contributed by atoms with E-state index in [4.69, 9.17) is 4.74 Å². The molecule has 1 aliphatic carbocycles. The Morgan fingerprint density at radius 1 is 1.21 bits per heavy atom. The zero-order valence-corrected chi connectivity index (χ0v) is 13.8. The third-order valence-electron chi connectivity index (χ3n) is 4.85. The minimum absolute atomic E-state index is 0.109. The van der Waals surface area contributed by atoms with Crippen LogP contribution in [-0.4, -0.2) is 11.0 Å². The number of hydrogen-bond acceptors (Lipinski definition) is 2. The Hall–Kier alpha value is -2.55. The van der Waals surface area contributed by atoms with Crippen LogP contribution >= 0.6 is 0 Å². The van der Waals surface area contributed by atoms with Crippen LogP contribution in [0.25, 0.3) is 10.9 Å². The lowest BCUT2D eigenvalue weighted by atomic mass is 9.85. The maximum absolute atomic E-state index is 12.7. The molecular weight excluding hydrogens is 298 g/mol. The van der Waals surface area contributed by atoms with Crippen molar-refractivity contribution in [1.29, 1.82) is 0 Å². The molecule has 1 heterocycles. The number of hydrogen-bond donors (Lipinski definition) is 1. The number of nitrogens with one attached hydrogen (secondary N) is 1. The molecule has 1 aliphatic rings. The quantitative estimate of drug-likeness (QED) is 0.715. The van der Waals surface area contributed by atoms with Crippen molar-refractivity contribution in [2.45, 2.75) is 38.7 Å². The number of rotatable bonds is 3. The Morgan fingerprint density at radius 3 is 2.88 bits per heavy atom. The van der Waals surface area contributed by atoms with Gasteiger partial charge < -0.3 is 9.72 Å². The summed E-state index contributed by atoms with van der Waals surface area (Å²) in [5.74, 6) is -0.268. The number of benzene rings is 2. The van der Waals surface area contributed by atoms with E-state index in [9.17, 15) is 4.79 Å². The van der Waals surface area contributed by atoms with Gasteiger partial charge in [0.1, 0.15) is 6.61 Å². The molecule has 0 saturated carbocycles. The Balaban J connectivity index is 1.62. The van der Waals surface area contributed by atoms with E-state index in [2.05, 4.69) is 30.1 Å². The van der Waals surface area contributed by atoms with Crippen LogP contribution in [0.4, 0.5) is 0 Å². The summed E-state index contributed by atoms with van der Waals surface area (Å²) < 4.78 is 5.62. The number of aromatic nitrogens is 1. The minimum atomic E-state index is -0.159. The maximum Gasteiger partial charge on any atom is 0.313 e. The first-order valence-electron chi connectivity index (χ1n) is 8.54. The average Bonchev–Trinajstić information content (AvgIpc) is 2.98. The van der Waals surface area contributed by atoms with Gasteiger partial charge in [-0.2, -0.15) is 0 Å². The molecule has 1 N–H and O–H groups in total. The molecule has 1 atom stereocenters. The van der Waals surface area contributed by atoms with Crippen LogP contribution in [0.2, 0.25) is 0 Å². The number of ether oxygens (including phenoxy) is 1. The first kappa shape index (κ1) is 15.0. The topological polar surface area (TPSA) is 42.1 Å². The number of fused-ring (bicyclic) bond motifs is 3. The van der Waals surface area contributed by atoms with Crippen LogP contribution in [0.15, 0.2) is 48.5 Å². The first-order valence-corrected chi connectivity index (χ1v) is 8.54. The molecule has 3 aromatic rings. The van der Waals surface area contributed by atoms with E-state index in [1.54, 1.807) is 0 Å². The van der Waals surface area contributed by atoms with Gasteiger partial charge in [-0.25, -0.2) is 0 Å². The summed E-state index contributed by atoms with van der Waals surface area (Å²) in [7, 11) is 0. The van der Waals surface area contributed by atoms with Crippen molar-refractivity contribution in [3.05, 3.63) is 70.9 Å². The van der Waals surface area contributed by atoms with Crippen molar-refractivity contribution in [3.8, 4) is 0 Å². The highest BCUT2D eigenvalue weighted by Crippen LogP contribution is 2.38. The average molecular weight is 319 g/mol. The summed E-state index contributed by atoms with van der Waals surface area (Å²) in [5, 5.41) is 1.17. The monoisotopic (exact) mass is 319 g/mol. The molecule has 0 fully saturated rings. The van der Waals surface area contributed by atoms with Gasteiger partial charge in [-0.05, 0) is 49.4 Å². The van der Waals surface area contributed by atoms with Crippen LogP contribution < -0.4 is 0 Å². The second kappa shape index (κ2) is 6.16.